The van der Waals surface area contributed by atoms with Crippen LogP contribution in [0.5, 0.6) is 5.75 Å². The van der Waals surface area contributed by atoms with Crippen LogP contribution in [0.3, 0.4) is 0 Å². The summed E-state index contributed by atoms with van der Waals surface area (Å²) in [5.74, 6) is -0.976. The van der Waals surface area contributed by atoms with Gasteiger partial charge < -0.3 is 9.84 Å². The number of carbonyl (C=O) groups excluding carboxylic acids is 2. The number of pyridine rings is 1. The highest BCUT2D eigenvalue weighted by molar-refractivity contribution is 6.51. The molecule has 1 fully saturated rings. The van der Waals surface area contributed by atoms with E-state index in [0.717, 1.165) is 11.3 Å². The average Bonchev–Trinajstić information content (AvgIpc) is 3.30. The summed E-state index contributed by atoms with van der Waals surface area (Å²) in [4.78, 5) is 32.0. The van der Waals surface area contributed by atoms with Crippen LogP contribution in [0.2, 0.25) is 5.02 Å². The number of benzene rings is 2. The van der Waals surface area contributed by atoms with Crippen LogP contribution in [0.1, 0.15) is 29.8 Å². The van der Waals surface area contributed by atoms with E-state index in [9.17, 15) is 14.7 Å². The molecule has 1 amide bonds. The zero-order chi connectivity index (χ0) is 22.4. The second-order valence-corrected chi connectivity index (χ2v) is 8.29. The fourth-order valence-electron chi connectivity index (χ4n) is 4.24. The normalized spacial score (nSPS) is 21.5. The number of Topliss-reactive ketones (excluding diaryl/α,β-unsaturated/α-hetero) is 1. The maximum atomic E-state index is 13.2. The van der Waals surface area contributed by atoms with Crippen molar-refractivity contribution in [1.29, 1.82) is 0 Å². The number of aliphatic hydroxyl groups excluding tert-OH is 1. The molecule has 2 aliphatic rings. The molecule has 0 spiro atoms. The highest BCUT2D eigenvalue weighted by atomic mass is 35.5. The van der Waals surface area contributed by atoms with E-state index in [1.54, 1.807) is 66.9 Å². The minimum Gasteiger partial charge on any atom is -0.507 e. The fraction of sp³-hybridized carbons (Fsp3) is 0.160. The van der Waals surface area contributed by atoms with Gasteiger partial charge >= 0.3 is 0 Å². The number of halogens is 1. The third-order valence-electron chi connectivity index (χ3n) is 5.69. The van der Waals surface area contributed by atoms with E-state index in [1.807, 2.05) is 6.92 Å². The smallest absolute Gasteiger partial charge is 0.300 e. The Kier molecular flexibility index (Phi) is 4.94. The second kappa shape index (κ2) is 7.80. The van der Waals surface area contributed by atoms with Crippen molar-refractivity contribution < 1.29 is 19.4 Å². The zero-order valence-corrected chi connectivity index (χ0v) is 17.9. The molecule has 6 nitrogen and oxygen atoms in total. The maximum absolute atomic E-state index is 13.2. The molecule has 1 saturated heterocycles. The van der Waals surface area contributed by atoms with Crippen molar-refractivity contribution in [2.45, 2.75) is 25.5 Å². The first-order chi connectivity index (χ1) is 15.4. The van der Waals surface area contributed by atoms with Crippen LogP contribution in [-0.2, 0) is 16.0 Å². The molecule has 7 heteroatoms. The molecule has 0 radical (unpaired) electrons. The van der Waals surface area contributed by atoms with Gasteiger partial charge in [0.1, 0.15) is 23.7 Å². The predicted molar refractivity (Wildman–Crippen MR) is 121 cm³/mol. The average molecular weight is 447 g/mol. The predicted octanol–water partition coefficient (Wildman–Crippen LogP) is 4.68. The number of rotatable bonds is 3. The number of nitrogens with zero attached hydrogens (tertiary/aromatic N) is 2. The largest absolute Gasteiger partial charge is 0.507 e. The lowest BCUT2D eigenvalue weighted by Crippen LogP contribution is -2.29. The summed E-state index contributed by atoms with van der Waals surface area (Å²) in [6, 6.07) is 16.3. The number of fused-ring (bicyclic) bond motifs is 1. The van der Waals surface area contributed by atoms with Gasteiger partial charge in [-0.05, 0) is 67.1 Å². The van der Waals surface area contributed by atoms with Gasteiger partial charge in [0.15, 0.2) is 0 Å². The van der Waals surface area contributed by atoms with Crippen molar-refractivity contribution in [3.8, 4) is 5.75 Å². The van der Waals surface area contributed by atoms with E-state index >= 15 is 0 Å². The van der Waals surface area contributed by atoms with E-state index in [4.69, 9.17) is 16.3 Å². The molecule has 160 valence electrons. The van der Waals surface area contributed by atoms with Crippen molar-refractivity contribution in [3.05, 3.63) is 94.3 Å². The van der Waals surface area contributed by atoms with E-state index in [0.29, 0.717) is 28.4 Å². The lowest BCUT2D eigenvalue weighted by atomic mass is 9.96. The monoisotopic (exact) mass is 446 g/mol. The van der Waals surface area contributed by atoms with Crippen LogP contribution in [0.15, 0.2) is 72.4 Å². The summed E-state index contributed by atoms with van der Waals surface area (Å²) in [6.45, 7) is 1.97. The quantitative estimate of drug-likeness (QED) is 0.359. The summed E-state index contributed by atoms with van der Waals surface area (Å²) < 4.78 is 5.73. The van der Waals surface area contributed by atoms with Crippen LogP contribution in [-0.4, -0.2) is 27.9 Å². The third kappa shape index (κ3) is 3.33. The molecule has 2 unspecified atom stereocenters. The molecule has 0 aliphatic carbocycles. The number of carbonyl (C=O) groups is 2. The van der Waals surface area contributed by atoms with Crippen LogP contribution >= 0.6 is 11.6 Å². The molecule has 2 aromatic carbocycles. The Morgan fingerprint density at radius 1 is 1.12 bits per heavy atom. The lowest BCUT2D eigenvalue weighted by molar-refractivity contribution is -0.132. The van der Waals surface area contributed by atoms with Crippen molar-refractivity contribution in [2.75, 3.05) is 4.90 Å². The number of ether oxygens (including phenoxy) is 1. The van der Waals surface area contributed by atoms with E-state index in [2.05, 4.69) is 4.98 Å². The van der Waals surface area contributed by atoms with E-state index in [-0.39, 0.29) is 17.4 Å². The number of amides is 1. The number of aliphatic hydroxyl groups is 1. The van der Waals surface area contributed by atoms with Gasteiger partial charge in [-0.3, -0.25) is 19.5 Å². The molecule has 0 saturated carbocycles. The number of hydrogen-bond donors (Lipinski definition) is 1. The molecule has 2 atom stereocenters. The summed E-state index contributed by atoms with van der Waals surface area (Å²) in [5, 5.41) is 11.7. The molecule has 5 rings (SSSR count). The number of ketones is 1. The first-order valence-electron chi connectivity index (χ1n) is 10.2. The number of anilines is 1. The van der Waals surface area contributed by atoms with E-state index < -0.39 is 17.7 Å². The lowest BCUT2D eigenvalue weighted by Gasteiger charge is -2.24. The van der Waals surface area contributed by atoms with Crippen molar-refractivity contribution >= 4 is 34.7 Å². The fourth-order valence-corrected chi connectivity index (χ4v) is 4.37. The SMILES string of the molecule is CC1Cc2cc(/C(O)=C3/C(=O)C(=O)N(c4ccc(Cl)cc4)C3c3ccccn3)ccc2O1. The maximum Gasteiger partial charge on any atom is 0.300 e. The minimum absolute atomic E-state index is 0.00411. The van der Waals surface area contributed by atoms with Gasteiger partial charge in [0.05, 0.1) is 11.3 Å². The molecule has 1 N–H and O–H groups in total. The van der Waals surface area contributed by atoms with Crippen LogP contribution in [0, 0.1) is 0 Å². The Bertz CT molecular complexity index is 1250. The van der Waals surface area contributed by atoms with Gasteiger partial charge in [-0.25, -0.2) is 0 Å². The molecule has 1 aromatic heterocycles. The van der Waals surface area contributed by atoms with Gasteiger partial charge in [0.25, 0.3) is 11.7 Å². The van der Waals surface area contributed by atoms with Crippen molar-refractivity contribution in [2.24, 2.45) is 0 Å². The highest BCUT2D eigenvalue weighted by Gasteiger charge is 2.47. The van der Waals surface area contributed by atoms with Gasteiger partial charge in [-0.15, -0.1) is 0 Å². The summed E-state index contributed by atoms with van der Waals surface area (Å²) in [6.07, 6.45) is 2.34. The van der Waals surface area contributed by atoms with Gasteiger partial charge in [-0.1, -0.05) is 17.7 Å². The van der Waals surface area contributed by atoms with Crippen molar-refractivity contribution in [1.82, 2.24) is 4.98 Å². The molecule has 2 aliphatic heterocycles. The Labute approximate surface area is 189 Å². The Morgan fingerprint density at radius 3 is 2.62 bits per heavy atom. The van der Waals surface area contributed by atoms with Crippen molar-refractivity contribution in [3.63, 3.8) is 0 Å². The summed E-state index contributed by atoms with van der Waals surface area (Å²) in [7, 11) is 0. The summed E-state index contributed by atoms with van der Waals surface area (Å²) >= 11 is 6.01. The number of hydrogen-bond acceptors (Lipinski definition) is 5. The molecule has 0 bridgehead atoms. The van der Waals surface area contributed by atoms with Crippen LogP contribution < -0.4 is 9.64 Å². The Morgan fingerprint density at radius 2 is 1.91 bits per heavy atom. The molecule has 3 heterocycles. The van der Waals surface area contributed by atoms with Gasteiger partial charge in [-0.2, -0.15) is 0 Å². The zero-order valence-electron chi connectivity index (χ0n) is 17.2. The second-order valence-electron chi connectivity index (χ2n) is 7.86. The Hall–Kier alpha value is -3.64. The first kappa shape index (κ1) is 20.3. The molecular weight excluding hydrogens is 428 g/mol. The third-order valence-corrected chi connectivity index (χ3v) is 5.94. The highest BCUT2D eigenvalue weighted by Crippen LogP contribution is 2.42. The van der Waals surface area contributed by atoms with Crippen LogP contribution in [0.25, 0.3) is 5.76 Å². The molecular formula is C25H19ClN2O4. The minimum atomic E-state index is -0.874. The number of aromatic nitrogens is 1. The molecule has 32 heavy (non-hydrogen) atoms. The van der Waals surface area contributed by atoms with Gasteiger partial charge in [0.2, 0.25) is 0 Å². The standard InChI is InChI=1S/C25H19ClN2O4/c1-14-12-16-13-15(5-10-20(16)32-14)23(29)21-22(19-4-2-3-11-27-19)28(25(31)24(21)30)18-8-6-17(26)7-9-18/h2-11,13-14,22,29H,12H2,1H3/b23-21-. The van der Waals surface area contributed by atoms with E-state index in [1.165, 1.54) is 4.90 Å². The summed E-state index contributed by atoms with van der Waals surface area (Å²) in [5.41, 5.74) is 2.36. The van der Waals surface area contributed by atoms with Crippen LogP contribution in [0.4, 0.5) is 5.69 Å². The van der Waals surface area contributed by atoms with Gasteiger partial charge in [0, 0.05) is 28.9 Å². The first-order valence-corrected chi connectivity index (χ1v) is 10.6. The molecule has 3 aromatic rings. The Balaban J connectivity index is 1.68. The topological polar surface area (TPSA) is 79.7 Å².